The number of rotatable bonds is 1. The molecule has 2 atom stereocenters. The third-order valence-corrected chi connectivity index (χ3v) is 3.37. The number of nitrogens with one attached hydrogen (secondary N) is 1. The summed E-state index contributed by atoms with van der Waals surface area (Å²) in [6, 6.07) is 0.518. The van der Waals surface area contributed by atoms with Crippen LogP contribution in [0.3, 0.4) is 0 Å². The second kappa shape index (κ2) is 4.43. The third-order valence-electron chi connectivity index (χ3n) is 3.00. The number of nitrogens with zero attached hydrogens (tertiary/aromatic N) is 2. The van der Waals surface area contributed by atoms with E-state index in [1.807, 2.05) is 0 Å². The number of aromatic nitrogens is 2. The minimum Gasteiger partial charge on any atom is -0.366 e. The van der Waals surface area contributed by atoms with E-state index in [2.05, 4.69) is 22.0 Å². The Morgan fingerprint density at radius 1 is 1.69 bits per heavy atom. The molecule has 1 fully saturated rings. The van der Waals surface area contributed by atoms with Crippen molar-refractivity contribution < 1.29 is 0 Å². The van der Waals surface area contributed by atoms with Crippen molar-refractivity contribution >= 4 is 17.3 Å². The Morgan fingerprint density at radius 3 is 3.12 bits per heavy atom. The van der Waals surface area contributed by atoms with Crippen LogP contribution in [0.5, 0.6) is 0 Å². The van der Waals surface area contributed by atoms with Gasteiger partial charge in [0.25, 0.3) is 5.56 Å². The lowest BCUT2D eigenvalue weighted by Gasteiger charge is -2.38. The van der Waals surface area contributed by atoms with E-state index >= 15 is 0 Å². The predicted molar refractivity (Wildman–Crippen MR) is 63.9 cm³/mol. The number of aromatic amines is 1. The molecule has 2 rings (SSSR count). The zero-order valence-corrected chi connectivity index (χ0v) is 9.87. The topological polar surface area (TPSA) is 75.0 Å². The maximum absolute atomic E-state index is 11.4. The summed E-state index contributed by atoms with van der Waals surface area (Å²) in [6.45, 7) is 2.89. The van der Waals surface area contributed by atoms with Gasteiger partial charge >= 0.3 is 0 Å². The van der Waals surface area contributed by atoms with Gasteiger partial charge in [-0.25, -0.2) is 5.10 Å². The molecule has 1 aromatic heterocycles. The molecule has 16 heavy (non-hydrogen) atoms. The van der Waals surface area contributed by atoms with Crippen molar-refractivity contribution in [2.24, 2.45) is 5.73 Å². The number of H-pyrrole nitrogens is 1. The number of nitrogens with two attached hydrogens (primary N) is 1. The second-order valence-corrected chi connectivity index (χ2v) is 4.60. The largest absolute Gasteiger partial charge is 0.366 e. The van der Waals surface area contributed by atoms with Gasteiger partial charge in [-0.2, -0.15) is 5.10 Å². The van der Waals surface area contributed by atoms with E-state index in [-0.39, 0.29) is 22.7 Å². The Bertz CT molecular complexity index is 433. The molecule has 2 unspecified atom stereocenters. The van der Waals surface area contributed by atoms with E-state index in [1.165, 1.54) is 0 Å². The first-order chi connectivity index (χ1) is 7.59. The van der Waals surface area contributed by atoms with Gasteiger partial charge in [0.1, 0.15) is 5.02 Å². The van der Waals surface area contributed by atoms with Gasteiger partial charge in [0.05, 0.1) is 11.9 Å². The van der Waals surface area contributed by atoms with Crippen molar-refractivity contribution in [2.45, 2.75) is 31.8 Å². The van der Waals surface area contributed by atoms with Gasteiger partial charge in [-0.1, -0.05) is 11.6 Å². The van der Waals surface area contributed by atoms with Crippen molar-refractivity contribution in [1.82, 2.24) is 10.2 Å². The number of hydrogen-bond donors (Lipinski definition) is 2. The Morgan fingerprint density at radius 2 is 2.44 bits per heavy atom. The molecule has 5 nitrogen and oxygen atoms in total. The van der Waals surface area contributed by atoms with Crippen LogP contribution in [0.2, 0.25) is 5.02 Å². The van der Waals surface area contributed by atoms with E-state index in [4.69, 9.17) is 17.3 Å². The summed E-state index contributed by atoms with van der Waals surface area (Å²) in [6.07, 6.45) is 3.41. The lowest BCUT2D eigenvalue weighted by Crippen LogP contribution is -2.46. The number of anilines is 1. The van der Waals surface area contributed by atoms with Crippen molar-refractivity contribution in [3.05, 3.63) is 21.6 Å². The van der Waals surface area contributed by atoms with Crippen molar-refractivity contribution in [1.29, 1.82) is 0 Å². The average Bonchev–Trinajstić information content (AvgIpc) is 2.23. The van der Waals surface area contributed by atoms with Crippen LogP contribution in [-0.2, 0) is 0 Å². The molecule has 0 radical (unpaired) electrons. The van der Waals surface area contributed by atoms with Crippen molar-refractivity contribution in [3.8, 4) is 0 Å². The highest BCUT2D eigenvalue weighted by Gasteiger charge is 2.25. The van der Waals surface area contributed by atoms with Crippen molar-refractivity contribution in [2.75, 3.05) is 11.4 Å². The van der Waals surface area contributed by atoms with E-state index in [0.717, 1.165) is 19.4 Å². The lowest BCUT2D eigenvalue weighted by atomic mass is 9.99. The van der Waals surface area contributed by atoms with E-state index in [1.54, 1.807) is 6.20 Å². The molecule has 0 aromatic carbocycles. The van der Waals surface area contributed by atoms with Gasteiger partial charge < -0.3 is 10.6 Å². The van der Waals surface area contributed by atoms with Gasteiger partial charge in [-0.3, -0.25) is 4.79 Å². The van der Waals surface area contributed by atoms with Gasteiger partial charge in [0.15, 0.2) is 0 Å². The van der Waals surface area contributed by atoms with E-state index in [0.29, 0.717) is 5.69 Å². The standard InChI is InChI=1S/C10H15ClN4O/c1-6-4-7(12)2-3-15(6)8-5-13-14-10(16)9(8)11/h5-7H,2-4,12H2,1H3,(H,14,16). The highest BCUT2D eigenvalue weighted by atomic mass is 35.5. The summed E-state index contributed by atoms with van der Waals surface area (Å²) in [4.78, 5) is 13.4. The highest BCUT2D eigenvalue weighted by Crippen LogP contribution is 2.27. The zero-order valence-electron chi connectivity index (χ0n) is 9.11. The quantitative estimate of drug-likeness (QED) is 0.762. The van der Waals surface area contributed by atoms with Crippen LogP contribution in [0.1, 0.15) is 19.8 Å². The number of halogens is 1. The molecule has 1 aliphatic heterocycles. The normalized spacial score (nSPS) is 25.8. The fraction of sp³-hybridized carbons (Fsp3) is 0.600. The SMILES string of the molecule is CC1CC(N)CCN1c1cn[nH]c(=O)c1Cl. The highest BCUT2D eigenvalue weighted by molar-refractivity contribution is 6.33. The minimum absolute atomic E-state index is 0.206. The van der Waals surface area contributed by atoms with Crippen LogP contribution < -0.4 is 16.2 Å². The molecule has 88 valence electrons. The summed E-state index contributed by atoms with van der Waals surface area (Å²) < 4.78 is 0. The first kappa shape index (κ1) is 11.4. The van der Waals surface area contributed by atoms with E-state index < -0.39 is 0 Å². The number of piperidine rings is 1. The summed E-state index contributed by atoms with van der Waals surface area (Å²) in [5, 5.41) is 6.30. The summed E-state index contributed by atoms with van der Waals surface area (Å²) in [5.41, 5.74) is 6.24. The fourth-order valence-corrected chi connectivity index (χ4v) is 2.34. The molecule has 0 aliphatic carbocycles. The van der Waals surface area contributed by atoms with Crippen LogP contribution in [0.15, 0.2) is 11.0 Å². The van der Waals surface area contributed by atoms with Gasteiger partial charge in [-0.15, -0.1) is 0 Å². The molecule has 2 heterocycles. The first-order valence-electron chi connectivity index (χ1n) is 5.35. The summed E-state index contributed by atoms with van der Waals surface area (Å²) in [5.74, 6) is 0. The van der Waals surface area contributed by atoms with Gasteiger partial charge in [0.2, 0.25) is 0 Å². The molecule has 0 amide bonds. The molecule has 1 aliphatic rings. The van der Waals surface area contributed by atoms with Crippen LogP contribution >= 0.6 is 11.6 Å². The molecule has 1 aromatic rings. The van der Waals surface area contributed by atoms with E-state index in [9.17, 15) is 4.79 Å². The summed E-state index contributed by atoms with van der Waals surface area (Å²) in [7, 11) is 0. The molecule has 6 heteroatoms. The molecule has 0 bridgehead atoms. The minimum atomic E-state index is -0.346. The Kier molecular flexibility index (Phi) is 3.16. The van der Waals surface area contributed by atoms with Gasteiger partial charge in [-0.05, 0) is 19.8 Å². The zero-order chi connectivity index (χ0) is 11.7. The summed E-state index contributed by atoms with van der Waals surface area (Å²) >= 11 is 5.97. The second-order valence-electron chi connectivity index (χ2n) is 4.23. The maximum atomic E-state index is 11.4. The van der Waals surface area contributed by atoms with Crippen LogP contribution in [0.4, 0.5) is 5.69 Å². The maximum Gasteiger partial charge on any atom is 0.285 e. The third kappa shape index (κ3) is 2.05. The molecule has 1 saturated heterocycles. The smallest absolute Gasteiger partial charge is 0.285 e. The Labute approximate surface area is 98.6 Å². The molecule has 0 saturated carbocycles. The fourth-order valence-electron chi connectivity index (χ4n) is 2.14. The Hall–Kier alpha value is -1.07. The molecular formula is C10H15ClN4O. The first-order valence-corrected chi connectivity index (χ1v) is 5.73. The van der Waals surface area contributed by atoms with Crippen molar-refractivity contribution in [3.63, 3.8) is 0 Å². The molecule has 3 N–H and O–H groups in total. The van der Waals surface area contributed by atoms with Crippen LogP contribution in [0, 0.1) is 0 Å². The molecule has 0 spiro atoms. The monoisotopic (exact) mass is 242 g/mol. The average molecular weight is 243 g/mol. The van der Waals surface area contributed by atoms with Crippen LogP contribution in [0.25, 0.3) is 0 Å². The predicted octanol–water partition coefficient (Wildman–Crippen LogP) is 0.739. The lowest BCUT2D eigenvalue weighted by molar-refractivity contribution is 0.429. The number of hydrogen-bond acceptors (Lipinski definition) is 4. The van der Waals surface area contributed by atoms with Crippen LogP contribution in [-0.4, -0.2) is 28.8 Å². The van der Waals surface area contributed by atoms with Gasteiger partial charge in [0, 0.05) is 18.6 Å². The molecular weight excluding hydrogens is 228 g/mol. The Balaban J connectivity index is 2.30.